The van der Waals surface area contributed by atoms with Crippen molar-refractivity contribution in [2.24, 2.45) is 0 Å². The summed E-state index contributed by atoms with van der Waals surface area (Å²) in [6.45, 7) is 1.92. The summed E-state index contributed by atoms with van der Waals surface area (Å²) in [7, 11) is -1.90. The molecule has 108 valence electrons. The third-order valence-electron chi connectivity index (χ3n) is 3.21. The fourth-order valence-corrected chi connectivity index (χ4v) is 3.21. The zero-order valence-corrected chi connectivity index (χ0v) is 12.8. The van der Waals surface area contributed by atoms with Gasteiger partial charge in [-0.3, -0.25) is 4.31 Å². The molecule has 0 N–H and O–H groups in total. The van der Waals surface area contributed by atoms with Gasteiger partial charge in [-0.25, -0.2) is 8.42 Å². The van der Waals surface area contributed by atoms with E-state index in [1.54, 1.807) is 37.4 Å². The van der Waals surface area contributed by atoms with Crippen molar-refractivity contribution >= 4 is 15.7 Å². The van der Waals surface area contributed by atoms with Gasteiger partial charge in [0.15, 0.2) is 0 Å². The summed E-state index contributed by atoms with van der Waals surface area (Å²) in [6.07, 6.45) is 0. The van der Waals surface area contributed by atoms with Crippen molar-refractivity contribution in [1.82, 2.24) is 0 Å². The molecule has 0 amide bonds. The normalized spacial score (nSPS) is 10.9. The lowest BCUT2D eigenvalue weighted by Crippen LogP contribution is -2.27. The fourth-order valence-electron chi connectivity index (χ4n) is 1.97. The van der Waals surface area contributed by atoms with E-state index in [9.17, 15) is 8.42 Å². The standard InChI is InChI=1S/C16H16N2O2S/c1-13-4-3-5-16(10-13)18(2)21(19,20)12-15-8-6-14(11-17)7-9-15/h3-10H,12H2,1-2H3. The number of anilines is 1. The number of nitrogens with zero attached hydrogens (tertiary/aromatic N) is 2. The SMILES string of the molecule is Cc1cccc(N(C)S(=O)(=O)Cc2ccc(C#N)cc2)c1. The second-order valence-electron chi connectivity index (χ2n) is 4.87. The van der Waals surface area contributed by atoms with Gasteiger partial charge in [0.2, 0.25) is 10.0 Å². The van der Waals surface area contributed by atoms with E-state index in [2.05, 4.69) is 0 Å². The zero-order valence-electron chi connectivity index (χ0n) is 11.9. The van der Waals surface area contributed by atoms with Crippen LogP contribution in [-0.4, -0.2) is 15.5 Å². The number of rotatable bonds is 4. The Balaban J connectivity index is 2.23. The van der Waals surface area contributed by atoms with Crippen LogP contribution in [0.2, 0.25) is 0 Å². The Morgan fingerprint density at radius 1 is 1.14 bits per heavy atom. The minimum Gasteiger partial charge on any atom is -0.273 e. The van der Waals surface area contributed by atoms with E-state index < -0.39 is 10.0 Å². The van der Waals surface area contributed by atoms with Crippen LogP contribution in [0.1, 0.15) is 16.7 Å². The van der Waals surface area contributed by atoms with Crippen LogP contribution in [0, 0.1) is 18.3 Å². The smallest absolute Gasteiger partial charge is 0.239 e. The maximum Gasteiger partial charge on any atom is 0.239 e. The summed E-state index contributed by atoms with van der Waals surface area (Å²) < 4.78 is 26.1. The lowest BCUT2D eigenvalue weighted by molar-refractivity contribution is 0.593. The second kappa shape index (κ2) is 5.98. The van der Waals surface area contributed by atoms with Gasteiger partial charge in [-0.1, -0.05) is 24.3 Å². The molecule has 2 aromatic rings. The maximum absolute atomic E-state index is 12.4. The fraction of sp³-hybridized carbons (Fsp3) is 0.188. The summed E-state index contributed by atoms with van der Waals surface area (Å²) in [5.41, 5.74) is 2.83. The van der Waals surface area contributed by atoms with Crippen molar-refractivity contribution in [3.8, 4) is 6.07 Å². The van der Waals surface area contributed by atoms with E-state index in [1.165, 1.54) is 4.31 Å². The molecule has 5 heteroatoms. The molecule has 0 radical (unpaired) electrons. The minimum absolute atomic E-state index is 0.0941. The average molecular weight is 300 g/mol. The summed E-state index contributed by atoms with van der Waals surface area (Å²) in [6, 6.07) is 15.9. The average Bonchev–Trinajstić information content (AvgIpc) is 2.47. The van der Waals surface area contributed by atoms with Gasteiger partial charge < -0.3 is 0 Å². The number of benzene rings is 2. The quantitative estimate of drug-likeness (QED) is 0.872. The van der Waals surface area contributed by atoms with Gasteiger partial charge in [-0.15, -0.1) is 0 Å². The van der Waals surface area contributed by atoms with Gasteiger partial charge in [0.1, 0.15) is 0 Å². The summed E-state index contributed by atoms with van der Waals surface area (Å²) >= 11 is 0. The van der Waals surface area contributed by atoms with Crippen LogP contribution < -0.4 is 4.31 Å². The third kappa shape index (κ3) is 3.61. The Morgan fingerprint density at radius 2 is 1.81 bits per heavy atom. The molecule has 0 unspecified atom stereocenters. The molecule has 2 rings (SSSR count). The highest BCUT2D eigenvalue weighted by Crippen LogP contribution is 2.20. The van der Waals surface area contributed by atoms with Crippen LogP contribution in [-0.2, 0) is 15.8 Å². The van der Waals surface area contributed by atoms with E-state index in [0.717, 1.165) is 5.56 Å². The van der Waals surface area contributed by atoms with Crippen LogP contribution >= 0.6 is 0 Å². The summed E-state index contributed by atoms with van der Waals surface area (Å²) in [5, 5.41) is 8.75. The molecule has 0 saturated heterocycles. The first-order valence-electron chi connectivity index (χ1n) is 6.45. The molecule has 0 aliphatic heterocycles. The van der Waals surface area contributed by atoms with Gasteiger partial charge in [0, 0.05) is 7.05 Å². The Labute approximate surface area is 125 Å². The van der Waals surface area contributed by atoms with Crippen molar-refractivity contribution in [2.45, 2.75) is 12.7 Å². The molecule has 0 aliphatic carbocycles. The summed E-state index contributed by atoms with van der Waals surface area (Å²) in [5.74, 6) is -0.0941. The Bertz CT molecular complexity index is 775. The molecule has 0 saturated carbocycles. The molecule has 0 heterocycles. The van der Waals surface area contributed by atoms with E-state index >= 15 is 0 Å². The van der Waals surface area contributed by atoms with E-state index in [-0.39, 0.29) is 5.75 Å². The molecular formula is C16H16N2O2S. The van der Waals surface area contributed by atoms with Gasteiger partial charge in [-0.2, -0.15) is 5.26 Å². The van der Waals surface area contributed by atoms with E-state index in [1.807, 2.05) is 31.2 Å². The van der Waals surface area contributed by atoms with Gasteiger partial charge in [0.05, 0.1) is 23.1 Å². The first kappa shape index (κ1) is 15.1. The Morgan fingerprint density at radius 3 is 2.38 bits per heavy atom. The predicted octanol–water partition coefficient (Wildman–Crippen LogP) is 2.83. The predicted molar refractivity (Wildman–Crippen MR) is 83.4 cm³/mol. The highest BCUT2D eigenvalue weighted by molar-refractivity contribution is 7.92. The molecule has 2 aromatic carbocycles. The minimum atomic E-state index is -3.45. The maximum atomic E-state index is 12.4. The van der Waals surface area contributed by atoms with Crippen molar-refractivity contribution in [3.05, 3.63) is 65.2 Å². The van der Waals surface area contributed by atoms with Crippen molar-refractivity contribution in [2.75, 3.05) is 11.4 Å². The number of hydrogen-bond donors (Lipinski definition) is 0. The molecule has 21 heavy (non-hydrogen) atoms. The molecule has 0 fully saturated rings. The van der Waals surface area contributed by atoms with Gasteiger partial charge in [-0.05, 0) is 42.3 Å². The van der Waals surface area contributed by atoms with Gasteiger partial charge >= 0.3 is 0 Å². The topological polar surface area (TPSA) is 61.2 Å². The van der Waals surface area contributed by atoms with Crippen LogP contribution in [0.25, 0.3) is 0 Å². The Hall–Kier alpha value is -2.32. The number of nitriles is 1. The number of sulfonamides is 1. The van der Waals surface area contributed by atoms with Crippen molar-refractivity contribution in [3.63, 3.8) is 0 Å². The van der Waals surface area contributed by atoms with Crippen LogP contribution in [0.4, 0.5) is 5.69 Å². The second-order valence-corrected chi connectivity index (χ2v) is 6.87. The first-order valence-corrected chi connectivity index (χ1v) is 8.05. The highest BCUT2D eigenvalue weighted by atomic mass is 32.2. The van der Waals surface area contributed by atoms with Crippen molar-refractivity contribution < 1.29 is 8.42 Å². The molecule has 0 bridgehead atoms. The highest BCUT2D eigenvalue weighted by Gasteiger charge is 2.19. The van der Waals surface area contributed by atoms with Gasteiger partial charge in [0.25, 0.3) is 0 Å². The monoisotopic (exact) mass is 300 g/mol. The lowest BCUT2D eigenvalue weighted by atomic mass is 10.2. The van der Waals surface area contributed by atoms with Crippen LogP contribution in [0.15, 0.2) is 48.5 Å². The summed E-state index contributed by atoms with van der Waals surface area (Å²) in [4.78, 5) is 0. The van der Waals surface area contributed by atoms with Crippen LogP contribution in [0.5, 0.6) is 0 Å². The number of aryl methyl sites for hydroxylation is 1. The van der Waals surface area contributed by atoms with E-state index in [0.29, 0.717) is 16.8 Å². The third-order valence-corrected chi connectivity index (χ3v) is 4.96. The zero-order chi connectivity index (χ0) is 15.5. The largest absolute Gasteiger partial charge is 0.273 e. The van der Waals surface area contributed by atoms with Crippen molar-refractivity contribution in [1.29, 1.82) is 5.26 Å². The molecule has 0 spiro atoms. The molecular weight excluding hydrogens is 284 g/mol. The van der Waals surface area contributed by atoms with Crippen LogP contribution in [0.3, 0.4) is 0 Å². The molecule has 0 aliphatic rings. The molecule has 4 nitrogen and oxygen atoms in total. The van der Waals surface area contributed by atoms with E-state index in [4.69, 9.17) is 5.26 Å². The lowest BCUT2D eigenvalue weighted by Gasteiger charge is -2.20. The Kier molecular flexibility index (Phi) is 4.29. The molecule has 0 atom stereocenters. The first-order chi connectivity index (χ1) is 9.92. The number of hydrogen-bond acceptors (Lipinski definition) is 3. The molecule has 0 aromatic heterocycles.